The fraction of sp³-hybridized carbons (Fsp3) is 0. The minimum atomic E-state index is -1.18. The summed E-state index contributed by atoms with van der Waals surface area (Å²) in [7, 11) is 0. The fourth-order valence-electron chi connectivity index (χ4n) is 2.36. The number of nitrogens with zero attached hydrogens (tertiary/aromatic N) is 2. The molecular formula is C15H10FN3O4. The first kappa shape index (κ1) is 14.5. The van der Waals surface area contributed by atoms with Crippen molar-refractivity contribution in [2.45, 2.75) is 0 Å². The van der Waals surface area contributed by atoms with Gasteiger partial charge in [-0.2, -0.15) is 0 Å². The van der Waals surface area contributed by atoms with Crippen LogP contribution in [0, 0.1) is 15.9 Å². The van der Waals surface area contributed by atoms with Crippen LogP contribution in [0.1, 0.15) is 0 Å². The van der Waals surface area contributed by atoms with Crippen LogP contribution < -0.4 is 5.32 Å². The number of non-ortho nitro benzene ring substituents is 1. The Morgan fingerprint density at radius 1 is 1.22 bits per heavy atom. The molecule has 7 nitrogen and oxygen atoms in total. The molecule has 1 aromatic heterocycles. The van der Waals surface area contributed by atoms with E-state index in [1.54, 1.807) is 35.0 Å². The van der Waals surface area contributed by atoms with Crippen molar-refractivity contribution in [3.8, 4) is 5.69 Å². The molecule has 1 heterocycles. The standard InChI is InChI=1S/C15H10FN3O4/c16-12-8-11(19(22)23)2-4-14(12)18-6-5-9-7-10(17-15(20)21)1-3-13(9)18/h1-8,17H,(H,20,21). The van der Waals surface area contributed by atoms with E-state index in [9.17, 15) is 19.3 Å². The van der Waals surface area contributed by atoms with E-state index in [0.29, 0.717) is 16.6 Å². The molecule has 0 fully saturated rings. The summed E-state index contributed by atoms with van der Waals surface area (Å²) in [5, 5.41) is 22.3. The van der Waals surface area contributed by atoms with Gasteiger partial charge in [-0.05, 0) is 30.3 Å². The van der Waals surface area contributed by atoms with E-state index in [1.165, 1.54) is 12.1 Å². The quantitative estimate of drug-likeness (QED) is 0.568. The second kappa shape index (κ2) is 5.41. The number of nitro benzene ring substituents is 1. The highest BCUT2D eigenvalue weighted by molar-refractivity contribution is 5.90. The van der Waals surface area contributed by atoms with Crippen LogP contribution in [0.5, 0.6) is 0 Å². The SMILES string of the molecule is O=C(O)Nc1ccc2c(ccn2-c2ccc([N+](=O)[O-])cc2F)c1. The summed E-state index contributed by atoms with van der Waals surface area (Å²) in [6, 6.07) is 9.92. The largest absolute Gasteiger partial charge is 0.465 e. The Morgan fingerprint density at radius 2 is 2.00 bits per heavy atom. The molecule has 116 valence electrons. The molecule has 23 heavy (non-hydrogen) atoms. The average molecular weight is 315 g/mol. The van der Waals surface area contributed by atoms with Crippen molar-refractivity contribution in [1.29, 1.82) is 0 Å². The minimum Gasteiger partial charge on any atom is -0.465 e. The highest BCUT2D eigenvalue weighted by Crippen LogP contribution is 2.26. The molecule has 0 bridgehead atoms. The van der Waals surface area contributed by atoms with Crippen LogP contribution in [0.2, 0.25) is 0 Å². The van der Waals surface area contributed by atoms with Gasteiger partial charge in [-0.3, -0.25) is 15.4 Å². The zero-order valence-electron chi connectivity index (χ0n) is 11.6. The first-order chi connectivity index (χ1) is 11.0. The first-order valence-electron chi connectivity index (χ1n) is 6.51. The summed E-state index contributed by atoms with van der Waals surface area (Å²) in [6.45, 7) is 0. The maximum Gasteiger partial charge on any atom is 0.409 e. The summed E-state index contributed by atoms with van der Waals surface area (Å²) >= 11 is 0. The van der Waals surface area contributed by atoms with E-state index in [1.807, 2.05) is 0 Å². The smallest absolute Gasteiger partial charge is 0.409 e. The van der Waals surface area contributed by atoms with Crippen LogP contribution in [0.3, 0.4) is 0 Å². The van der Waals surface area contributed by atoms with Crippen LogP contribution >= 0.6 is 0 Å². The molecule has 0 saturated heterocycles. The van der Waals surface area contributed by atoms with E-state index in [2.05, 4.69) is 5.32 Å². The lowest BCUT2D eigenvalue weighted by Gasteiger charge is -2.07. The lowest BCUT2D eigenvalue weighted by Crippen LogP contribution is -2.06. The monoisotopic (exact) mass is 315 g/mol. The van der Waals surface area contributed by atoms with Crippen molar-refractivity contribution in [3.63, 3.8) is 0 Å². The predicted molar refractivity (Wildman–Crippen MR) is 81.5 cm³/mol. The molecule has 0 unspecified atom stereocenters. The average Bonchev–Trinajstić information content (AvgIpc) is 2.89. The molecule has 0 aliphatic carbocycles. The molecule has 3 rings (SSSR count). The number of nitro groups is 1. The minimum absolute atomic E-state index is 0.171. The Bertz CT molecular complexity index is 936. The normalized spacial score (nSPS) is 10.7. The van der Waals surface area contributed by atoms with Crippen LogP contribution in [0.15, 0.2) is 48.7 Å². The zero-order chi connectivity index (χ0) is 16.6. The Morgan fingerprint density at radius 3 is 2.65 bits per heavy atom. The van der Waals surface area contributed by atoms with E-state index in [0.717, 1.165) is 6.07 Å². The fourth-order valence-corrected chi connectivity index (χ4v) is 2.36. The third-order valence-electron chi connectivity index (χ3n) is 3.34. The number of fused-ring (bicyclic) bond motifs is 1. The number of aromatic nitrogens is 1. The number of rotatable bonds is 3. The van der Waals surface area contributed by atoms with Gasteiger partial charge in [0.15, 0.2) is 5.82 Å². The topological polar surface area (TPSA) is 97.4 Å². The molecule has 0 saturated carbocycles. The molecule has 0 aliphatic heterocycles. The molecule has 0 aliphatic rings. The lowest BCUT2D eigenvalue weighted by atomic mass is 10.2. The van der Waals surface area contributed by atoms with Gasteiger partial charge in [-0.25, -0.2) is 9.18 Å². The summed E-state index contributed by atoms with van der Waals surface area (Å²) < 4.78 is 15.7. The zero-order valence-corrected chi connectivity index (χ0v) is 11.6. The van der Waals surface area contributed by atoms with E-state index >= 15 is 0 Å². The van der Waals surface area contributed by atoms with Gasteiger partial charge in [0, 0.05) is 23.3 Å². The van der Waals surface area contributed by atoms with Crippen molar-refractivity contribution in [2.75, 3.05) is 5.32 Å². The molecule has 2 N–H and O–H groups in total. The van der Waals surface area contributed by atoms with Gasteiger partial charge in [0.2, 0.25) is 0 Å². The van der Waals surface area contributed by atoms with Crippen LogP contribution in [0.25, 0.3) is 16.6 Å². The Labute approximate surface area is 128 Å². The number of nitrogens with one attached hydrogen (secondary N) is 1. The van der Waals surface area contributed by atoms with Crippen LogP contribution in [-0.2, 0) is 0 Å². The van der Waals surface area contributed by atoms with Crippen molar-refractivity contribution in [3.05, 3.63) is 64.6 Å². The van der Waals surface area contributed by atoms with Gasteiger partial charge in [-0.1, -0.05) is 0 Å². The Kier molecular flexibility index (Phi) is 3.41. The number of carboxylic acid groups (broad SMARTS) is 1. The molecule has 1 amide bonds. The number of carbonyl (C=O) groups is 1. The number of anilines is 1. The van der Waals surface area contributed by atoms with Gasteiger partial charge in [0.05, 0.1) is 22.2 Å². The third-order valence-corrected chi connectivity index (χ3v) is 3.34. The van der Waals surface area contributed by atoms with Gasteiger partial charge in [-0.15, -0.1) is 0 Å². The van der Waals surface area contributed by atoms with Crippen LogP contribution in [-0.4, -0.2) is 20.7 Å². The number of hydrogen-bond donors (Lipinski definition) is 2. The maximum absolute atomic E-state index is 14.1. The highest BCUT2D eigenvalue weighted by Gasteiger charge is 2.13. The first-order valence-corrected chi connectivity index (χ1v) is 6.51. The van der Waals surface area contributed by atoms with Gasteiger partial charge in [0.1, 0.15) is 0 Å². The van der Waals surface area contributed by atoms with Gasteiger partial charge >= 0.3 is 6.09 Å². The number of amides is 1. The third kappa shape index (κ3) is 2.69. The number of benzene rings is 2. The van der Waals surface area contributed by atoms with Gasteiger partial charge in [0.25, 0.3) is 5.69 Å². The predicted octanol–water partition coefficient (Wildman–Crippen LogP) is 3.77. The molecule has 2 aromatic carbocycles. The Balaban J connectivity index is 2.07. The molecule has 0 atom stereocenters. The molecular weight excluding hydrogens is 305 g/mol. The molecule has 0 radical (unpaired) electrons. The van der Waals surface area contributed by atoms with Crippen LogP contribution in [0.4, 0.5) is 20.6 Å². The van der Waals surface area contributed by atoms with Crippen molar-refractivity contribution in [1.82, 2.24) is 4.57 Å². The maximum atomic E-state index is 14.1. The molecule has 3 aromatic rings. The van der Waals surface area contributed by atoms with Gasteiger partial charge < -0.3 is 9.67 Å². The Hall–Kier alpha value is -3.42. The second-order valence-corrected chi connectivity index (χ2v) is 4.78. The summed E-state index contributed by atoms with van der Waals surface area (Å²) in [6.07, 6.45) is 0.435. The van der Waals surface area contributed by atoms with Crippen molar-refractivity contribution >= 4 is 28.4 Å². The summed E-state index contributed by atoms with van der Waals surface area (Å²) in [5.41, 5.74) is 0.890. The van der Waals surface area contributed by atoms with E-state index < -0.39 is 16.8 Å². The molecule has 0 spiro atoms. The molecule has 8 heteroatoms. The second-order valence-electron chi connectivity index (χ2n) is 4.78. The number of hydrogen-bond acceptors (Lipinski definition) is 3. The van der Waals surface area contributed by atoms with E-state index in [-0.39, 0.29) is 11.4 Å². The summed E-state index contributed by atoms with van der Waals surface area (Å²) in [5.74, 6) is -0.718. The highest BCUT2D eigenvalue weighted by atomic mass is 19.1. The number of halogens is 1. The van der Waals surface area contributed by atoms with Crippen molar-refractivity contribution < 1.29 is 19.2 Å². The lowest BCUT2D eigenvalue weighted by molar-refractivity contribution is -0.385. The van der Waals surface area contributed by atoms with E-state index in [4.69, 9.17) is 5.11 Å². The summed E-state index contributed by atoms with van der Waals surface area (Å²) in [4.78, 5) is 20.6. The van der Waals surface area contributed by atoms with Crippen molar-refractivity contribution in [2.24, 2.45) is 0 Å².